The van der Waals surface area contributed by atoms with Crippen LogP contribution < -0.4 is 0 Å². The molecule has 0 fully saturated rings. The Labute approximate surface area is 78.6 Å². The van der Waals surface area contributed by atoms with E-state index in [-0.39, 0.29) is 5.82 Å². The van der Waals surface area contributed by atoms with Gasteiger partial charge in [0.25, 0.3) is 0 Å². The van der Waals surface area contributed by atoms with Crippen LogP contribution in [-0.2, 0) is 0 Å². The van der Waals surface area contributed by atoms with E-state index in [1.165, 1.54) is 17.4 Å². The van der Waals surface area contributed by atoms with Crippen LogP contribution in [-0.4, -0.2) is 0 Å². The lowest BCUT2D eigenvalue weighted by molar-refractivity contribution is 0.641. The largest absolute Gasteiger partial charge is 0.205 e. The van der Waals surface area contributed by atoms with E-state index in [1.54, 1.807) is 6.07 Å². The molecule has 0 amide bonds. The minimum Gasteiger partial charge on any atom is -0.205 e. The molecule has 0 radical (unpaired) electrons. The van der Waals surface area contributed by atoms with Crippen molar-refractivity contribution < 1.29 is 4.39 Å². The number of benzene rings is 1. The summed E-state index contributed by atoms with van der Waals surface area (Å²) < 4.78 is 14.5. The van der Waals surface area contributed by atoms with Gasteiger partial charge in [-0.15, -0.1) is 11.3 Å². The fraction of sp³-hybridized carbons (Fsp3) is 0.111. The van der Waals surface area contributed by atoms with Crippen molar-refractivity contribution in [3.63, 3.8) is 0 Å². The van der Waals surface area contributed by atoms with E-state index in [0.717, 1.165) is 10.9 Å². The van der Waals surface area contributed by atoms with Gasteiger partial charge in [0.05, 0.1) is 9.04 Å². The predicted octanol–water partition coefficient (Wildman–Crippen LogP) is 4.00. The van der Waals surface area contributed by atoms with Gasteiger partial charge in [0.1, 0.15) is 5.82 Å². The zero-order valence-electron chi connectivity index (χ0n) is 6.40. The Bertz CT molecular complexity index is 433. The van der Waals surface area contributed by atoms with Gasteiger partial charge in [-0.1, -0.05) is 23.7 Å². The van der Waals surface area contributed by atoms with Crippen LogP contribution in [0.3, 0.4) is 0 Å². The molecule has 3 heteroatoms. The molecule has 0 saturated heterocycles. The highest BCUT2D eigenvalue weighted by Crippen LogP contribution is 2.35. The molecule has 62 valence electrons. The predicted molar refractivity (Wildman–Crippen MR) is 51.5 cm³/mol. The number of halogens is 2. The molecule has 1 aromatic heterocycles. The molecule has 0 bridgehead atoms. The molecule has 0 spiro atoms. The van der Waals surface area contributed by atoms with Gasteiger partial charge in [-0.25, -0.2) is 4.39 Å². The maximum Gasteiger partial charge on any atom is 0.141 e. The lowest BCUT2D eigenvalue weighted by atomic mass is 10.2. The van der Waals surface area contributed by atoms with E-state index >= 15 is 0 Å². The lowest BCUT2D eigenvalue weighted by Crippen LogP contribution is -1.72. The van der Waals surface area contributed by atoms with Crippen LogP contribution in [0.25, 0.3) is 10.1 Å². The van der Waals surface area contributed by atoms with Gasteiger partial charge in [-0.2, -0.15) is 0 Å². The molecule has 1 aromatic carbocycles. The van der Waals surface area contributed by atoms with Crippen LogP contribution in [0.4, 0.5) is 4.39 Å². The van der Waals surface area contributed by atoms with Gasteiger partial charge in [0.2, 0.25) is 0 Å². The van der Waals surface area contributed by atoms with Gasteiger partial charge >= 0.3 is 0 Å². The van der Waals surface area contributed by atoms with Crippen molar-refractivity contribution in [3.05, 3.63) is 33.9 Å². The fourth-order valence-electron chi connectivity index (χ4n) is 1.18. The summed E-state index contributed by atoms with van der Waals surface area (Å²) in [5.74, 6) is -0.187. The summed E-state index contributed by atoms with van der Waals surface area (Å²) in [7, 11) is 0. The number of hydrogen-bond donors (Lipinski definition) is 0. The third-order valence-corrected chi connectivity index (χ3v) is 3.48. The Morgan fingerprint density at radius 2 is 2.17 bits per heavy atom. The van der Waals surface area contributed by atoms with Crippen molar-refractivity contribution in [3.8, 4) is 0 Å². The van der Waals surface area contributed by atoms with E-state index < -0.39 is 0 Å². The molecule has 1 heterocycles. The van der Waals surface area contributed by atoms with Crippen LogP contribution in [0.5, 0.6) is 0 Å². The van der Waals surface area contributed by atoms with Gasteiger partial charge in [-0.05, 0) is 23.9 Å². The summed E-state index contributed by atoms with van der Waals surface area (Å²) in [5.41, 5.74) is 0.969. The first-order valence-electron chi connectivity index (χ1n) is 3.53. The van der Waals surface area contributed by atoms with Gasteiger partial charge in [-0.3, -0.25) is 0 Å². The number of rotatable bonds is 0. The van der Waals surface area contributed by atoms with Crippen molar-refractivity contribution in [1.29, 1.82) is 0 Å². The molecule has 12 heavy (non-hydrogen) atoms. The van der Waals surface area contributed by atoms with Crippen molar-refractivity contribution in [1.82, 2.24) is 0 Å². The summed E-state index contributed by atoms with van der Waals surface area (Å²) >= 11 is 7.17. The van der Waals surface area contributed by atoms with Crippen molar-refractivity contribution >= 4 is 33.0 Å². The first kappa shape index (κ1) is 8.02. The highest BCUT2D eigenvalue weighted by Gasteiger charge is 2.08. The van der Waals surface area contributed by atoms with Crippen LogP contribution >= 0.6 is 22.9 Å². The average molecular weight is 201 g/mol. The van der Waals surface area contributed by atoms with Crippen molar-refractivity contribution in [2.75, 3.05) is 0 Å². The van der Waals surface area contributed by atoms with Crippen molar-refractivity contribution in [2.24, 2.45) is 0 Å². The van der Waals surface area contributed by atoms with Crippen LogP contribution in [0.15, 0.2) is 18.2 Å². The Balaban J connectivity index is 2.95. The Morgan fingerprint density at radius 1 is 1.42 bits per heavy atom. The highest BCUT2D eigenvalue weighted by molar-refractivity contribution is 7.23. The monoisotopic (exact) mass is 200 g/mol. The minimum absolute atomic E-state index is 0.187. The van der Waals surface area contributed by atoms with E-state index in [4.69, 9.17) is 11.6 Å². The molecule has 0 N–H and O–H groups in total. The van der Waals surface area contributed by atoms with Gasteiger partial charge in [0.15, 0.2) is 0 Å². The average Bonchev–Trinajstić information content (AvgIpc) is 2.32. The second-order valence-corrected chi connectivity index (χ2v) is 4.24. The molecule has 0 unspecified atom stereocenters. The van der Waals surface area contributed by atoms with E-state index in [0.29, 0.717) is 9.04 Å². The second-order valence-electron chi connectivity index (χ2n) is 2.62. The van der Waals surface area contributed by atoms with E-state index in [2.05, 4.69) is 0 Å². The van der Waals surface area contributed by atoms with Crippen molar-refractivity contribution in [2.45, 2.75) is 6.92 Å². The molecule has 0 aliphatic rings. The first-order valence-corrected chi connectivity index (χ1v) is 4.72. The van der Waals surface area contributed by atoms with Gasteiger partial charge < -0.3 is 0 Å². The molecule has 2 aromatic rings. The summed E-state index contributed by atoms with van der Waals surface area (Å²) in [4.78, 5) is 0. The molecule has 2 rings (SSSR count). The first-order chi connectivity index (χ1) is 5.70. The summed E-state index contributed by atoms with van der Waals surface area (Å²) in [6.45, 7) is 1.90. The number of hydrogen-bond acceptors (Lipinski definition) is 1. The molecule has 0 aliphatic heterocycles. The van der Waals surface area contributed by atoms with Crippen LogP contribution in [0.2, 0.25) is 4.34 Å². The molecule has 0 nitrogen and oxygen atoms in total. The fourth-order valence-corrected chi connectivity index (χ4v) is 2.45. The van der Waals surface area contributed by atoms with E-state index in [9.17, 15) is 4.39 Å². The molecule has 0 saturated carbocycles. The number of aryl methyl sites for hydroxylation is 1. The zero-order valence-corrected chi connectivity index (χ0v) is 7.97. The quantitative estimate of drug-likeness (QED) is 0.603. The Kier molecular flexibility index (Phi) is 1.81. The maximum atomic E-state index is 13.1. The standard InChI is InChI=1S/C9H6ClFS/c1-5-6-3-2-4-7(11)8(6)12-9(5)10/h2-4H,1H3. The highest BCUT2D eigenvalue weighted by atomic mass is 35.5. The van der Waals surface area contributed by atoms with Gasteiger partial charge in [0, 0.05) is 0 Å². The topological polar surface area (TPSA) is 0 Å². The zero-order chi connectivity index (χ0) is 8.72. The molecule has 0 aliphatic carbocycles. The summed E-state index contributed by atoms with van der Waals surface area (Å²) in [6, 6.07) is 5.04. The minimum atomic E-state index is -0.187. The normalized spacial score (nSPS) is 10.9. The number of fused-ring (bicyclic) bond motifs is 1. The second kappa shape index (κ2) is 2.71. The SMILES string of the molecule is Cc1c(Cl)sc2c(F)cccc12. The molecular formula is C9H6ClFS. The summed E-state index contributed by atoms with van der Waals surface area (Å²) in [6.07, 6.45) is 0. The summed E-state index contributed by atoms with van der Waals surface area (Å²) in [5, 5.41) is 0.921. The third-order valence-electron chi connectivity index (χ3n) is 1.86. The Hall–Kier alpha value is -0.600. The molecule has 0 atom stereocenters. The van der Waals surface area contributed by atoms with E-state index in [1.807, 2.05) is 13.0 Å². The maximum absolute atomic E-state index is 13.1. The van der Waals surface area contributed by atoms with Crippen LogP contribution in [0.1, 0.15) is 5.56 Å². The third kappa shape index (κ3) is 1.03. The smallest absolute Gasteiger partial charge is 0.141 e. The molecular weight excluding hydrogens is 195 g/mol. The lowest BCUT2D eigenvalue weighted by Gasteiger charge is -1.90. The Morgan fingerprint density at radius 3 is 2.83 bits per heavy atom. The number of thiophene rings is 1. The van der Waals surface area contributed by atoms with Crippen LogP contribution in [0, 0.1) is 12.7 Å².